The van der Waals surface area contributed by atoms with Crippen molar-refractivity contribution in [3.8, 4) is 11.8 Å². The first-order valence-electron chi connectivity index (χ1n) is 6.69. The van der Waals surface area contributed by atoms with Crippen LogP contribution in [0.5, 0.6) is 5.75 Å². The molecule has 1 heterocycles. The Kier molecular flexibility index (Phi) is 4.75. The largest absolute Gasteiger partial charge is 0.493 e. The van der Waals surface area contributed by atoms with E-state index in [0.717, 1.165) is 22.9 Å². The molecule has 0 aliphatic heterocycles. The summed E-state index contributed by atoms with van der Waals surface area (Å²) in [4.78, 5) is 5.06. The van der Waals surface area contributed by atoms with Crippen LogP contribution >= 0.6 is 11.3 Å². The molecule has 0 aliphatic carbocycles. The Morgan fingerprint density at radius 2 is 2.00 bits per heavy atom. The summed E-state index contributed by atoms with van der Waals surface area (Å²) < 4.78 is 5.71. The molecule has 0 aliphatic rings. The Morgan fingerprint density at radius 1 is 1.30 bits per heavy atom. The zero-order valence-electron chi connectivity index (χ0n) is 12.0. The third kappa shape index (κ3) is 3.58. The highest BCUT2D eigenvalue weighted by atomic mass is 32.1. The summed E-state index contributed by atoms with van der Waals surface area (Å²) >= 11 is 1.45. The molecule has 0 radical (unpaired) electrons. The van der Waals surface area contributed by atoms with Gasteiger partial charge in [-0.2, -0.15) is 5.26 Å². The maximum absolute atomic E-state index is 8.90. The zero-order valence-corrected chi connectivity index (χ0v) is 12.8. The number of nitriles is 1. The number of aromatic nitrogens is 1. The van der Waals surface area contributed by atoms with Crippen molar-refractivity contribution in [2.45, 2.75) is 33.1 Å². The van der Waals surface area contributed by atoms with Crippen molar-refractivity contribution < 1.29 is 4.74 Å². The van der Waals surface area contributed by atoms with Gasteiger partial charge in [0, 0.05) is 6.42 Å². The number of benzene rings is 1. The van der Waals surface area contributed by atoms with E-state index in [4.69, 9.17) is 10.00 Å². The van der Waals surface area contributed by atoms with Gasteiger partial charge in [-0.1, -0.05) is 26.0 Å². The quantitative estimate of drug-likeness (QED) is 0.832. The van der Waals surface area contributed by atoms with Crippen LogP contribution in [-0.2, 0) is 6.42 Å². The Hall–Kier alpha value is -1.86. The monoisotopic (exact) mass is 286 g/mol. The van der Waals surface area contributed by atoms with E-state index in [1.807, 2.05) is 19.1 Å². The Labute approximate surface area is 123 Å². The maximum Gasteiger partial charge on any atom is 0.127 e. The highest BCUT2D eigenvalue weighted by Crippen LogP contribution is 2.20. The molecular formula is C16H18N2OS. The molecular weight excluding hydrogens is 268 g/mol. The second-order valence-corrected chi connectivity index (χ2v) is 6.04. The number of nitrogens with zero attached hydrogens (tertiary/aromatic N) is 2. The molecule has 0 amide bonds. The van der Waals surface area contributed by atoms with Gasteiger partial charge in [-0.3, -0.25) is 0 Å². The van der Waals surface area contributed by atoms with Crippen molar-refractivity contribution in [3.05, 3.63) is 45.4 Å². The predicted octanol–water partition coefficient (Wildman–Crippen LogP) is 4.07. The second kappa shape index (κ2) is 6.53. The first kappa shape index (κ1) is 14.5. The van der Waals surface area contributed by atoms with Crippen LogP contribution in [0.25, 0.3) is 0 Å². The topological polar surface area (TPSA) is 45.9 Å². The number of hydrogen-bond acceptors (Lipinski definition) is 4. The molecule has 2 rings (SSSR count). The van der Waals surface area contributed by atoms with E-state index < -0.39 is 0 Å². The second-order valence-electron chi connectivity index (χ2n) is 4.96. The van der Waals surface area contributed by atoms with Gasteiger partial charge in [0.25, 0.3) is 0 Å². The van der Waals surface area contributed by atoms with Gasteiger partial charge in [-0.15, -0.1) is 11.3 Å². The molecule has 0 unspecified atom stereocenters. The van der Waals surface area contributed by atoms with Gasteiger partial charge in [-0.25, -0.2) is 4.98 Å². The van der Waals surface area contributed by atoms with Gasteiger partial charge in [0.05, 0.1) is 17.3 Å². The van der Waals surface area contributed by atoms with Crippen molar-refractivity contribution in [2.24, 2.45) is 0 Å². The lowest BCUT2D eigenvalue weighted by molar-refractivity contribution is 0.321. The van der Waals surface area contributed by atoms with Crippen LogP contribution in [0.15, 0.2) is 24.3 Å². The standard InChI is InChI=1S/C16H18N2OS/c1-11(2)13-4-6-14(7-5-13)19-9-8-16-18-12(3)15(10-17)20-16/h4-7,11H,8-9H2,1-3H3. The van der Waals surface area contributed by atoms with E-state index in [2.05, 4.69) is 37.0 Å². The molecule has 0 fully saturated rings. The van der Waals surface area contributed by atoms with Crippen LogP contribution in [0.4, 0.5) is 0 Å². The third-order valence-corrected chi connectivity index (χ3v) is 4.20. The minimum absolute atomic E-state index is 0.534. The summed E-state index contributed by atoms with van der Waals surface area (Å²) in [5, 5.41) is 9.85. The summed E-state index contributed by atoms with van der Waals surface area (Å²) in [6.07, 6.45) is 0.735. The minimum Gasteiger partial charge on any atom is -0.493 e. The first-order chi connectivity index (χ1) is 9.60. The van der Waals surface area contributed by atoms with Crippen molar-refractivity contribution >= 4 is 11.3 Å². The summed E-state index contributed by atoms with van der Waals surface area (Å²) in [5.41, 5.74) is 2.13. The molecule has 4 heteroatoms. The van der Waals surface area contributed by atoms with Crippen LogP contribution in [-0.4, -0.2) is 11.6 Å². The fourth-order valence-electron chi connectivity index (χ4n) is 1.87. The van der Waals surface area contributed by atoms with Crippen LogP contribution in [0.3, 0.4) is 0 Å². The predicted molar refractivity (Wildman–Crippen MR) is 81.3 cm³/mol. The number of thiazole rings is 1. The van der Waals surface area contributed by atoms with Gasteiger partial charge in [0.15, 0.2) is 0 Å². The molecule has 20 heavy (non-hydrogen) atoms. The van der Waals surface area contributed by atoms with E-state index in [0.29, 0.717) is 17.4 Å². The van der Waals surface area contributed by atoms with Gasteiger partial charge < -0.3 is 4.74 Å². The van der Waals surface area contributed by atoms with Crippen LogP contribution in [0.1, 0.15) is 40.9 Å². The summed E-state index contributed by atoms with van der Waals surface area (Å²) in [7, 11) is 0. The third-order valence-electron chi connectivity index (χ3n) is 3.07. The fraction of sp³-hybridized carbons (Fsp3) is 0.375. The molecule has 0 saturated heterocycles. The molecule has 0 atom stereocenters. The molecule has 0 spiro atoms. The molecule has 0 saturated carbocycles. The molecule has 0 bridgehead atoms. The lowest BCUT2D eigenvalue weighted by Gasteiger charge is -2.08. The molecule has 104 valence electrons. The lowest BCUT2D eigenvalue weighted by Crippen LogP contribution is -2.01. The number of ether oxygens (including phenoxy) is 1. The molecule has 2 aromatic rings. The van der Waals surface area contributed by atoms with Crippen LogP contribution in [0, 0.1) is 18.3 Å². The van der Waals surface area contributed by atoms with Crippen molar-refractivity contribution in [1.82, 2.24) is 4.98 Å². The Morgan fingerprint density at radius 3 is 2.55 bits per heavy atom. The molecule has 3 nitrogen and oxygen atoms in total. The van der Waals surface area contributed by atoms with E-state index in [1.165, 1.54) is 16.9 Å². The maximum atomic E-state index is 8.90. The average molecular weight is 286 g/mol. The van der Waals surface area contributed by atoms with Gasteiger partial charge >= 0.3 is 0 Å². The number of rotatable bonds is 5. The van der Waals surface area contributed by atoms with Crippen LogP contribution < -0.4 is 4.74 Å². The summed E-state index contributed by atoms with van der Waals surface area (Å²) in [6, 6.07) is 10.4. The summed E-state index contributed by atoms with van der Waals surface area (Å²) in [5.74, 6) is 1.41. The number of hydrogen-bond donors (Lipinski definition) is 0. The van der Waals surface area contributed by atoms with E-state index in [1.54, 1.807) is 0 Å². The highest BCUT2D eigenvalue weighted by molar-refractivity contribution is 7.12. The average Bonchev–Trinajstić information content (AvgIpc) is 2.79. The normalized spacial score (nSPS) is 10.6. The first-order valence-corrected chi connectivity index (χ1v) is 7.51. The Balaban J connectivity index is 1.87. The van der Waals surface area contributed by atoms with Gasteiger partial charge in [0.1, 0.15) is 16.7 Å². The lowest BCUT2D eigenvalue weighted by atomic mass is 10.0. The van der Waals surface area contributed by atoms with E-state index in [-0.39, 0.29) is 0 Å². The van der Waals surface area contributed by atoms with Gasteiger partial charge in [-0.05, 0) is 30.5 Å². The fourth-order valence-corrected chi connectivity index (χ4v) is 2.71. The molecule has 1 aromatic carbocycles. The van der Waals surface area contributed by atoms with Crippen molar-refractivity contribution in [1.29, 1.82) is 5.26 Å². The summed E-state index contributed by atoms with van der Waals surface area (Å²) in [6.45, 7) is 6.80. The van der Waals surface area contributed by atoms with Crippen LogP contribution in [0.2, 0.25) is 0 Å². The Bertz CT molecular complexity index is 608. The SMILES string of the molecule is Cc1nc(CCOc2ccc(C(C)C)cc2)sc1C#N. The van der Waals surface area contributed by atoms with Crippen molar-refractivity contribution in [2.75, 3.05) is 6.61 Å². The zero-order chi connectivity index (χ0) is 14.5. The van der Waals surface area contributed by atoms with E-state index in [9.17, 15) is 0 Å². The highest BCUT2D eigenvalue weighted by Gasteiger charge is 2.07. The molecule has 0 N–H and O–H groups in total. The molecule has 1 aromatic heterocycles. The smallest absolute Gasteiger partial charge is 0.127 e. The van der Waals surface area contributed by atoms with E-state index >= 15 is 0 Å². The van der Waals surface area contributed by atoms with Gasteiger partial charge in [0.2, 0.25) is 0 Å². The number of aryl methyl sites for hydroxylation is 1. The minimum atomic E-state index is 0.534. The van der Waals surface area contributed by atoms with Crippen molar-refractivity contribution in [3.63, 3.8) is 0 Å².